The van der Waals surface area contributed by atoms with E-state index in [4.69, 9.17) is 0 Å². The molecule has 2 rings (SSSR count). The van der Waals surface area contributed by atoms with Crippen LogP contribution in [0, 0.1) is 13.8 Å². The van der Waals surface area contributed by atoms with Crippen LogP contribution in [-0.2, 0) is 7.05 Å². The lowest BCUT2D eigenvalue weighted by molar-refractivity contribution is 0.747. The van der Waals surface area contributed by atoms with E-state index in [-0.39, 0.29) is 5.56 Å². The lowest BCUT2D eigenvalue weighted by Crippen LogP contribution is -2.24. The number of halogens is 1. The standard InChI is InChI=1S/C10H11BrN4O/c1-6-8(11)7(2)15(13-6)9-10(16)14(3)5-4-12-9/h4-5H,1-3H3. The van der Waals surface area contributed by atoms with E-state index in [1.54, 1.807) is 24.1 Å². The molecule has 0 N–H and O–H groups in total. The molecule has 0 saturated heterocycles. The van der Waals surface area contributed by atoms with Crippen molar-refractivity contribution in [3.05, 3.63) is 38.6 Å². The number of hydrogen-bond donors (Lipinski definition) is 0. The third kappa shape index (κ3) is 1.59. The first-order valence-corrected chi connectivity index (χ1v) is 5.55. The highest BCUT2D eigenvalue weighted by Gasteiger charge is 2.14. The Bertz CT molecular complexity index is 599. The summed E-state index contributed by atoms with van der Waals surface area (Å²) in [6.45, 7) is 3.76. The molecule has 0 aliphatic heterocycles. The summed E-state index contributed by atoms with van der Waals surface area (Å²) < 4.78 is 3.94. The zero-order chi connectivity index (χ0) is 11.9. The lowest BCUT2D eigenvalue weighted by Gasteiger charge is -2.03. The fourth-order valence-corrected chi connectivity index (χ4v) is 1.71. The van der Waals surface area contributed by atoms with Gasteiger partial charge in [-0.1, -0.05) is 0 Å². The summed E-state index contributed by atoms with van der Waals surface area (Å²) in [6, 6.07) is 0. The maximum absolute atomic E-state index is 11.9. The Hall–Kier alpha value is -1.43. The van der Waals surface area contributed by atoms with Crippen molar-refractivity contribution in [3.8, 4) is 5.82 Å². The number of rotatable bonds is 1. The molecule has 16 heavy (non-hydrogen) atoms. The maximum Gasteiger partial charge on any atom is 0.295 e. The van der Waals surface area contributed by atoms with Crippen molar-refractivity contribution in [2.24, 2.45) is 7.05 Å². The zero-order valence-electron chi connectivity index (χ0n) is 9.23. The first-order chi connectivity index (χ1) is 7.52. The average Bonchev–Trinajstić information content (AvgIpc) is 2.50. The Morgan fingerprint density at radius 1 is 1.38 bits per heavy atom. The Balaban J connectivity index is 2.73. The number of aromatic nitrogens is 4. The monoisotopic (exact) mass is 282 g/mol. The highest BCUT2D eigenvalue weighted by molar-refractivity contribution is 9.10. The van der Waals surface area contributed by atoms with Gasteiger partial charge in [-0.2, -0.15) is 5.10 Å². The van der Waals surface area contributed by atoms with Crippen LogP contribution in [-0.4, -0.2) is 19.3 Å². The van der Waals surface area contributed by atoms with Crippen LogP contribution in [0.25, 0.3) is 5.82 Å². The average molecular weight is 283 g/mol. The Kier molecular flexibility index (Phi) is 2.67. The smallest absolute Gasteiger partial charge is 0.295 e. The van der Waals surface area contributed by atoms with Gasteiger partial charge in [0, 0.05) is 19.4 Å². The second-order valence-corrected chi connectivity index (χ2v) is 4.36. The zero-order valence-corrected chi connectivity index (χ0v) is 10.8. The van der Waals surface area contributed by atoms with E-state index in [0.29, 0.717) is 5.82 Å². The van der Waals surface area contributed by atoms with Gasteiger partial charge in [0.05, 0.1) is 15.9 Å². The molecule has 0 aliphatic rings. The first kappa shape index (κ1) is 11.1. The summed E-state index contributed by atoms with van der Waals surface area (Å²) >= 11 is 3.42. The molecule has 0 fully saturated rings. The minimum Gasteiger partial charge on any atom is -0.314 e. The van der Waals surface area contributed by atoms with Gasteiger partial charge in [0.25, 0.3) is 5.56 Å². The van der Waals surface area contributed by atoms with Crippen molar-refractivity contribution in [1.29, 1.82) is 0 Å². The summed E-state index contributed by atoms with van der Waals surface area (Å²) in [5.41, 5.74) is 1.54. The summed E-state index contributed by atoms with van der Waals surface area (Å²) in [5, 5.41) is 4.28. The van der Waals surface area contributed by atoms with Gasteiger partial charge in [0.1, 0.15) is 0 Å². The fourth-order valence-electron chi connectivity index (χ4n) is 1.46. The molecule has 0 aliphatic carbocycles. The summed E-state index contributed by atoms with van der Waals surface area (Å²) in [7, 11) is 1.69. The van der Waals surface area contributed by atoms with Gasteiger partial charge in [0.2, 0.25) is 5.82 Å². The largest absolute Gasteiger partial charge is 0.314 e. The first-order valence-electron chi connectivity index (χ1n) is 4.76. The SMILES string of the molecule is Cc1nn(-c2nccn(C)c2=O)c(C)c1Br. The summed E-state index contributed by atoms with van der Waals surface area (Å²) in [5.74, 6) is 0.316. The number of hydrogen-bond acceptors (Lipinski definition) is 3. The third-order valence-electron chi connectivity index (χ3n) is 2.40. The van der Waals surface area contributed by atoms with Gasteiger partial charge in [-0.05, 0) is 29.8 Å². The van der Waals surface area contributed by atoms with Crippen LogP contribution in [0.2, 0.25) is 0 Å². The van der Waals surface area contributed by atoms with Crippen molar-refractivity contribution in [2.45, 2.75) is 13.8 Å². The van der Waals surface area contributed by atoms with Gasteiger partial charge < -0.3 is 4.57 Å². The van der Waals surface area contributed by atoms with Crippen LogP contribution in [0.4, 0.5) is 0 Å². The van der Waals surface area contributed by atoms with Gasteiger partial charge in [-0.25, -0.2) is 9.67 Å². The molecule has 0 aromatic carbocycles. The highest BCUT2D eigenvalue weighted by Crippen LogP contribution is 2.20. The minimum absolute atomic E-state index is 0.166. The lowest BCUT2D eigenvalue weighted by atomic mass is 10.4. The van der Waals surface area contributed by atoms with Crippen LogP contribution < -0.4 is 5.56 Å². The van der Waals surface area contributed by atoms with Crippen molar-refractivity contribution in [2.75, 3.05) is 0 Å². The molecule has 0 saturated carbocycles. The second kappa shape index (κ2) is 3.86. The molecule has 0 radical (unpaired) electrons. The fraction of sp³-hybridized carbons (Fsp3) is 0.300. The van der Waals surface area contributed by atoms with Gasteiger partial charge >= 0.3 is 0 Å². The quantitative estimate of drug-likeness (QED) is 0.793. The Labute approximate surface area is 101 Å². The molecular formula is C10H11BrN4O. The maximum atomic E-state index is 11.9. The predicted octanol–water partition coefficient (Wildman–Crippen LogP) is 1.35. The van der Waals surface area contributed by atoms with Gasteiger partial charge in [0.15, 0.2) is 0 Å². The van der Waals surface area contributed by atoms with E-state index in [0.717, 1.165) is 15.9 Å². The van der Waals surface area contributed by atoms with E-state index >= 15 is 0 Å². The van der Waals surface area contributed by atoms with Gasteiger partial charge in [-0.3, -0.25) is 4.79 Å². The molecule has 0 atom stereocenters. The van der Waals surface area contributed by atoms with E-state index in [9.17, 15) is 4.79 Å². The number of nitrogens with zero attached hydrogens (tertiary/aromatic N) is 4. The molecule has 2 aromatic rings. The summed E-state index contributed by atoms with van der Waals surface area (Å²) in [4.78, 5) is 15.9. The molecular weight excluding hydrogens is 272 g/mol. The molecule has 0 amide bonds. The molecule has 0 spiro atoms. The normalized spacial score (nSPS) is 10.8. The van der Waals surface area contributed by atoms with E-state index in [1.165, 1.54) is 4.57 Å². The minimum atomic E-state index is -0.166. The molecule has 2 aromatic heterocycles. The van der Waals surface area contributed by atoms with Crippen molar-refractivity contribution in [3.63, 3.8) is 0 Å². The van der Waals surface area contributed by atoms with Crippen molar-refractivity contribution >= 4 is 15.9 Å². The topological polar surface area (TPSA) is 52.7 Å². The van der Waals surface area contributed by atoms with E-state index in [1.807, 2.05) is 13.8 Å². The highest BCUT2D eigenvalue weighted by atomic mass is 79.9. The van der Waals surface area contributed by atoms with Crippen LogP contribution in [0.15, 0.2) is 21.7 Å². The molecule has 84 valence electrons. The molecule has 0 unspecified atom stereocenters. The summed E-state index contributed by atoms with van der Waals surface area (Å²) in [6.07, 6.45) is 3.20. The molecule has 5 nitrogen and oxygen atoms in total. The van der Waals surface area contributed by atoms with Crippen LogP contribution >= 0.6 is 15.9 Å². The predicted molar refractivity (Wildman–Crippen MR) is 63.8 cm³/mol. The second-order valence-electron chi connectivity index (χ2n) is 3.56. The van der Waals surface area contributed by atoms with Crippen LogP contribution in [0.5, 0.6) is 0 Å². The van der Waals surface area contributed by atoms with E-state index in [2.05, 4.69) is 26.0 Å². The molecule has 6 heteroatoms. The van der Waals surface area contributed by atoms with Crippen molar-refractivity contribution < 1.29 is 0 Å². The van der Waals surface area contributed by atoms with E-state index < -0.39 is 0 Å². The third-order valence-corrected chi connectivity index (χ3v) is 3.55. The Morgan fingerprint density at radius 3 is 2.62 bits per heavy atom. The van der Waals surface area contributed by atoms with Gasteiger partial charge in [-0.15, -0.1) is 0 Å². The van der Waals surface area contributed by atoms with Crippen LogP contribution in [0.1, 0.15) is 11.4 Å². The van der Waals surface area contributed by atoms with Crippen LogP contribution in [0.3, 0.4) is 0 Å². The Morgan fingerprint density at radius 2 is 2.06 bits per heavy atom. The molecule has 2 heterocycles. The molecule has 0 bridgehead atoms. The number of aryl methyl sites for hydroxylation is 2. The van der Waals surface area contributed by atoms with Crippen molar-refractivity contribution in [1.82, 2.24) is 19.3 Å².